The molecule has 0 aliphatic rings. The molecule has 0 aromatic heterocycles. The molecule has 2 rings (SSSR count). The number of carbonyl (C=O) groups excluding carboxylic acids is 1. The van der Waals surface area contributed by atoms with Gasteiger partial charge in [-0.15, -0.1) is 0 Å². The van der Waals surface area contributed by atoms with Gasteiger partial charge in [-0.25, -0.2) is 13.2 Å². The van der Waals surface area contributed by atoms with Crippen LogP contribution in [0.1, 0.15) is 11.1 Å². The molecule has 24 heavy (non-hydrogen) atoms. The summed E-state index contributed by atoms with van der Waals surface area (Å²) in [6.07, 6.45) is 0. The van der Waals surface area contributed by atoms with Gasteiger partial charge in [0.25, 0.3) is 10.0 Å². The molecular formula is C17H19NO5S. The third-order valence-corrected chi connectivity index (χ3v) is 4.68. The van der Waals surface area contributed by atoms with E-state index in [-0.39, 0.29) is 11.5 Å². The monoisotopic (exact) mass is 349 g/mol. The first-order valence-electron chi connectivity index (χ1n) is 7.21. The summed E-state index contributed by atoms with van der Waals surface area (Å²) in [5, 5.41) is 0. The van der Waals surface area contributed by atoms with Crippen LogP contribution in [-0.2, 0) is 19.6 Å². The number of carbonyl (C=O) groups is 1. The van der Waals surface area contributed by atoms with Crippen molar-refractivity contribution in [3.05, 3.63) is 53.6 Å². The maximum absolute atomic E-state index is 12.5. The maximum atomic E-state index is 12.5. The van der Waals surface area contributed by atoms with Crippen LogP contribution in [-0.4, -0.2) is 28.1 Å². The second-order valence-corrected chi connectivity index (χ2v) is 6.95. The van der Waals surface area contributed by atoms with Crippen molar-refractivity contribution >= 4 is 21.7 Å². The van der Waals surface area contributed by atoms with E-state index in [1.165, 1.54) is 25.3 Å². The van der Waals surface area contributed by atoms with Crippen molar-refractivity contribution in [3.8, 4) is 5.75 Å². The summed E-state index contributed by atoms with van der Waals surface area (Å²) in [5.74, 6) is -0.0814. The number of esters is 1. The molecule has 2 aromatic rings. The topological polar surface area (TPSA) is 81.7 Å². The average Bonchev–Trinajstić information content (AvgIpc) is 2.52. The first kappa shape index (κ1) is 17.8. The molecule has 0 heterocycles. The fourth-order valence-corrected chi connectivity index (χ4v) is 3.20. The summed E-state index contributed by atoms with van der Waals surface area (Å²) in [7, 11) is -2.43. The lowest BCUT2D eigenvalue weighted by atomic mass is 10.2. The molecule has 6 nitrogen and oxygen atoms in total. The Hall–Kier alpha value is -2.54. The van der Waals surface area contributed by atoms with Crippen molar-refractivity contribution in [1.82, 2.24) is 0 Å². The standard InChI is InChI=1S/C17H19NO5S/c1-12-5-4-6-14(9-12)18-24(20,21)15-7-8-16(13(2)10-15)23-11-17(19)22-3/h4-10,18H,11H2,1-3H3. The number of methoxy groups -OCH3 is 1. The second kappa shape index (κ2) is 7.35. The fourth-order valence-electron chi connectivity index (χ4n) is 2.07. The molecule has 0 spiro atoms. The van der Waals surface area contributed by atoms with E-state index in [9.17, 15) is 13.2 Å². The van der Waals surface area contributed by atoms with Gasteiger partial charge in [-0.3, -0.25) is 4.72 Å². The Bertz CT molecular complexity index is 846. The SMILES string of the molecule is COC(=O)COc1ccc(S(=O)(=O)Nc2cccc(C)c2)cc1C. The third kappa shape index (κ3) is 4.48. The van der Waals surface area contributed by atoms with E-state index in [1.54, 1.807) is 25.1 Å². The zero-order chi connectivity index (χ0) is 17.7. The fraction of sp³-hybridized carbons (Fsp3) is 0.235. The molecule has 0 bridgehead atoms. The van der Waals surface area contributed by atoms with Gasteiger partial charge < -0.3 is 9.47 Å². The number of ether oxygens (including phenoxy) is 2. The van der Waals surface area contributed by atoms with Crippen LogP contribution < -0.4 is 9.46 Å². The molecule has 7 heteroatoms. The minimum atomic E-state index is -3.70. The van der Waals surface area contributed by atoms with E-state index < -0.39 is 16.0 Å². The van der Waals surface area contributed by atoms with Gasteiger partial charge >= 0.3 is 5.97 Å². The lowest BCUT2D eigenvalue weighted by Gasteiger charge is -2.12. The van der Waals surface area contributed by atoms with Gasteiger partial charge in [-0.05, 0) is 55.3 Å². The number of nitrogens with one attached hydrogen (secondary N) is 1. The molecule has 0 saturated carbocycles. The Morgan fingerprint density at radius 2 is 1.88 bits per heavy atom. The van der Waals surface area contributed by atoms with Crippen molar-refractivity contribution in [2.24, 2.45) is 0 Å². The zero-order valence-corrected chi connectivity index (χ0v) is 14.5. The summed E-state index contributed by atoms with van der Waals surface area (Å²) in [4.78, 5) is 11.2. The number of hydrogen-bond acceptors (Lipinski definition) is 5. The predicted molar refractivity (Wildman–Crippen MR) is 90.7 cm³/mol. The maximum Gasteiger partial charge on any atom is 0.343 e. The molecule has 0 atom stereocenters. The van der Waals surface area contributed by atoms with Gasteiger partial charge in [-0.1, -0.05) is 12.1 Å². The molecule has 0 aliphatic heterocycles. The number of rotatable bonds is 6. The minimum absolute atomic E-state index is 0.118. The van der Waals surface area contributed by atoms with Crippen LogP contribution in [0.2, 0.25) is 0 Å². The van der Waals surface area contributed by atoms with Gasteiger partial charge in [0, 0.05) is 5.69 Å². The summed E-state index contributed by atoms with van der Waals surface area (Å²) >= 11 is 0. The summed E-state index contributed by atoms with van der Waals surface area (Å²) in [6.45, 7) is 3.36. The molecule has 0 fully saturated rings. The van der Waals surface area contributed by atoms with Gasteiger partial charge in [0.2, 0.25) is 0 Å². The van der Waals surface area contributed by atoms with Crippen LogP contribution >= 0.6 is 0 Å². The quantitative estimate of drug-likeness (QED) is 0.811. The van der Waals surface area contributed by atoms with Crippen LogP contribution in [0, 0.1) is 13.8 Å². The predicted octanol–water partition coefficient (Wildman–Crippen LogP) is 2.66. The van der Waals surface area contributed by atoms with E-state index in [4.69, 9.17) is 4.74 Å². The first-order valence-corrected chi connectivity index (χ1v) is 8.70. The summed E-state index contributed by atoms with van der Waals surface area (Å²) in [5.41, 5.74) is 2.06. The highest BCUT2D eigenvalue weighted by Gasteiger charge is 2.16. The van der Waals surface area contributed by atoms with Crippen LogP contribution in [0.5, 0.6) is 5.75 Å². The van der Waals surface area contributed by atoms with E-state index in [2.05, 4.69) is 9.46 Å². The van der Waals surface area contributed by atoms with Gasteiger partial charge in [0.05, 0.1) is 12.0 Å². The minimum Gasteiger partial charge on any atom is -0.482 e. The Kier molecular flexibility index (Phi) is 5.46. The zero-order valence-electron chi connectivity index (χ0n) is 13.7. The van der Waals surface area contributed by atoms with Crippen molar-refractivity contribution in [1.29, 1.82) is 0 Å². The summed E-state index contributed by atoms with van der Waals surface area (Å²) in [6, 6.07) is 11.5. The Labute approximate surface area is 141 Å². The molecule has 0 amide bonds. The first-order chi connectivity index (χ1) is 11.3. The third-order valence-electron chi connectivity index (χ3n) is 3.30. The van der Waals surface area contributed by atoms with Gasteiger partial charge in [-0.2, -0.15) is 0 Å². The number of aryl methyl sites for hydroxylation is 2. The number of anilines is 1. The molecule has 1 N–H and O–H groups in total. The van der Waals surface area contributed by atoms with E-state index in [1.807, 2.05) is 13.0 Å². The van der Waals surface area contributed by atoms with Gasteiger partial charge in [0.1, 0.15) is 5.75 Å². The van der Waals surface area contributed by atoms with Crippen molar-refractivity contribution < 1.29 is 22.7 Å². The normalized spacial score (nSPS) is 11.0. The largest absolute Gasteiger partial charge is 0.482 e. The van der Waals surface area contributed by atoms with Crippen LogP contribution in [0.15, 0.2) is 47.4 Å². The molecule has 0 saturated heterocycles. The van der Waals surface area contributed by atoms with Crippen molar-refractivity contribution in [2.45, 2.75) is 18.7 Å². The van der Waals surface area contributed by atoms with E-state index in [0.717, 1.165) is 5.56 Å². The van der Waals surface area contributed by atoms with Crippen LogP contribution in [0.3, 0.4) is 0 Å². The Morgan fingerprint density at radius 1 is 1.12 bits per heavy atom. The molecule has 128 valence electrons. The van der Waals surface area contributed by atoms with Gasteiger partial charge in [0.15, 0.2) is 6.61 Å². The highest BCUT2D eigenvalue weighted by molar-refractivity contribution is 7.92. The summed E-state index contributed by atoms with van der Waals surface area (Å²) < 4.78 is 37.3. The van der Waals surface area contributed by atoms with Crippen LogP contribution in [0.4, 0.5) is 5.69 Å². The number of sulfonamides is 1. The number of benzene rings is 2. The van der Waals surface area contributed by atoms with E-state index >= 15 is 0 Å². The number of hydrogen-bond donors (Lipinski definition) is 1. The molecule has 0 aliphatic carbocycles. The highest BCUT2D eigenvalue weighted by Crippen LogP contribution is 2.23. The Balaban J connectivity index is 2.19. The molecule has 0 radical (unpaired) electrons. The smallest absolute Gasteiger partial charge is 0.343 e. The lowest BCUT2D eigenvalue weighted by molar-refractivity contribution is -0.142. The Morgan fingerprint density at radius 3 is 2.50 bits per heavy atom. The average molecular weight is 349 g/mol. The van der Waals surface area contributed by atoms with Crippen molar-refractivity contribution in [2.75, 3.05) is 18.4 Å². The van der Waals surface area contributed by atoms with Crippen molar-refractivity contribution in [3.63, 3.8) is 0 Å². The lowest BCUT2D eigenvalue weighted by Crippen LogP contribution is -2.15. The highest BCUT2D eigenvalue weighted by atomic mass is 32.2. The molecule has 0 unspecified atom stereocenters. The molecule has 2 aromatic carbocycles. The second-order valence-electron chi connectivity index (χ2n) is 5.27. The van der Waals surface area contributed by atoms with E-state index in [0.29, 0.717) is 17.0 Å². The van der Waals surface area contributed by atoms with Crippen LogP contribution in [0.25, 0.3) is 0 Å². The molecular weight excluding hydrogens is 330 g/mol.